The summed E-state index contributed by atoms with van der Waals surface area (Å²) in [6.45, 7) is 4.71. The summed E-state index contributed by atoms with van der Waals surface area (Å²) in [6, 6.07) is 75.1. The minimum Gasteiger partial charge on any atom is -0.310 e. The van der Waals surface area contributed by atoms with Gasteiger partial charge in [-0.15, -0.1) is 0 Å². The van der Waals surface area contributed by atoms with Crippen LogP contribution in [0.25, 0.3) is 55.3 Å². The number of rotatable bonds is 4. The maximum atomic E-state index is 2.52. The molecule has 57 heavy (non-hydrogen) atoms. The number of anilines is 3. The highest BCUT2D eigenvalue weighted by Crippen LogP contribution is 2.64. The molecular formula is C56H39N. The summed E-state index contributed by atoms with van der Waals surface area (Å²) in [5, 5.41) is 2.62. The monoisotopic (exact) mass is 725 g/mol. The summed E-state index contributed by atoms with van der Waals surface area (Å²) in [6.07, 6.45) is 0. The summed E-state index contributed by atoms with van der Waals surface area (Å²) in [5.41, 5.74) is 21.3. The Hall–Kier alpha value is -6.96. The number of benzene rings is 9. The van der Waals surface area contributed by atoms with Gasteiger partial charge in [0.1, 0.15) is 0 Å². The van der Waals surface area contributed by atoms with E-state index in [1.54, 1.807) is 0 Å². The van der Waals surface area contributed by atoms with E-state index in [0.717, 1.165) is 17.1 Å². The van der Waals surface area contributed by atoms with Crippen LogP contribution in [0.1, 0.15) is 47.2 Å². The maximum absolute atomic E-state index is 2.52. The summed E-state index contributed by atoms with van der Waals surface area (Å²) in [7, 11) is 0. The van der Waals surface area contributed by atoms with Crippen molar-refractivity contribution in [3.63, 3.8) is 0 Å². The molecule has 1 nitrogen and oxygen atoms in total. The second kappa shape index (κ2) is 11.8. The lowest BCUT2D eigenvalue weighted by Gasteiger charge is -2.40. The summed E-state index contributed by atoms with van der Waals surface area (Å²) >= 11 is 0. The smallest absolute Gasteiger partial charge is 0.0726 e. The first-order valence-electron chi connectivity index (χ1n) is 20.1. The third-order valence-electron chi connectivity index (χ3n) is 13.3. The molecule has 0 amide bonds. The largest absolute Gasteiger partial charge is 0.310 e. The molecule has 12 rings (SSSR count). The molecule has 0 saturated heterocycles. The number of nitrogens with zero attached hydrogens (tertiary/aromatic N) is 1. The van der Waals surface area contributed by atoms with Crippen LogP contribution in [0.3, 0.4) is 0 Å². The molecule has 0 radical (unpaired) electrons. The van der Waals surface area contributed by atoms with Crippen molar-refractivity contribution in [2.75, 3.05) is 4.90 Å². The maximum Gasteiger partial charge on any atom is 0.0726 e. The molecule has 1 spiro atoms. The van der Waals surface area contributed by atoms with E-state index in [-0.39, 0.29) is 5.41 Å². The van der Waals surface area contributed by atoms with Crippen LogP contribution in [0.5, 0.6) is 0 Å². The molecule has 0 heterocycles. The molecule has 0 aliphatic heterocycles. The van der Waals surface area contributed by atoms with E-state index in [4.69, 9.17) is 0 Å². The van der Waals surface area contributed by atoms with Gasteiger partial charge >= 0.3 is 0 Å². The van der Waals surface area contributed by atoms with Gasteiger partial charge in [0.25, 0.3) is 0 Å². The van der Waals surface area contributed by atoms with Crippen LogP contribution in [-0.2, 0) is 10.8 Å². The van der Waals surface area contributed by atoms with Crippen LogP contribution in [-0.4, -0.2) is 0 Å². The van der Waals surface area contributed by atoms with Gasteiger partial charge in [0.05, 0.1) is 5.41 Å². The lowest BCUT2D eigenvalue weighted by molar-refractivity contribution is 0.660. The number of hydrogen-bond acceptors (Lipinski definition) is 1. The second-order valence-electron chi connectivity index (χ2n) is 16.4. The Morgan fingerprint density at radius 2 is 0.895 bits per heavy atom. The molecule has 1 unspecified atom stereocenters. The molecule has 0 aromatic heterocycles. The first-order valence-corrected chi connectivity index (χ1v) is 20.1. The zero-order valence-electron chi connectivity index (χ0n) is 32.0. The van der Waals surface area contributed by atoms with Gasteiger partial charge in [-0.05, 0) is 125 Å². The number of hydrogen-bond donors (Lipinski definition) is 0. The molecule has 9 aromatic carbocycles. The minimum atomic E-state index is -0.542. The van der Waals surface area contributed by atoms with Crippen molar-refractivity contribution in [1.29, 1.82) is 0 Å². The van der Waals surface area contributed by atoms with E-state index in [1.807, 2.05) is 0 Å². The van der Waals surface area contributed by atoms with Crippen LogP contribution in [0.4, 0.5) is 17.1 Å². The quantitative estimate of drug-likeness (QED) is 0.175. The molecule has 3 aliphatic carbocycles. The Labute approximate surface area is 334 Å². The van der Waals surface area contributed by atoms with Gasteiger partial charge < -0.3 is 4.90 Å². The normalized spacial score (nSPS) is 16.1. The molecule has 0 N–H and O–H groups in total. The number of para-hydroxylation sites is 1. The van der Waals surface area contributed by atoms with E-state index in [2.05, 4.69) is 219 Å². The van der Waals surface area contributed by atoms with Gasteiger partial charge in [-0.3, -0.25) is 0 Å². The van der Waals surface area contributed by atoms with Crippen molar-refractivity contribution in [2.24, 2.45) is 0 Å². The van der Waals surface area contributed by atoms with Crippen molar-refractivity contribution >= 4 is 27.8 Å². The van der Waals surface area contributed by atoms with E-state index < -0.39 is 5.41 Å². The average Bonchev–Trinajstić information content (AvgIpc) is 3.68. The highest BCUT2D eigenvalue weighted by atomic mass is 15.1. The van der Waals surface area contributed by atoms with E-state index in [9.17, 15) is 0 Å². The molecule has 3 aliphatic rings. The Morgan fingerprint density at radius 1 is 0.333 bits per heavy atom. The Morgan fingerprint density at radius 3 is 1.70 bits per heavy atom. The average molecular weight is 726 g/mol. The fraction of sp³-hybridized carbons (Fsp3) is 0.0714. The topological polar surface area (TPSA) is 3.24 Å². The van der Waals surface area contributed by atoms with Gasteiger partial charge in [-0.2, -0.15) is 0 Å². The van der Waals surface area contributed by atoms with Crippen molar-refractivity contribution in [3.05, 3.63) is 234 Å². The van der Waals surface area contributed by atoms with Crippen molar-refractivity contribution in [3.8, 4) is 44.5 Å². The second-order valence-corrected chi connectivity index (χ2v) is 16.4. The zero-order chi connectivity index (χ0) is 37.9. The van der Waals surface area contributed by atoms with Crippen LogP contribution in [0.2, 0.25) is 0 Å². The molecule has 0 bridgehead atoms. The van der Waals surface area contributed by atoms with E-state index >= 15 is 0 Å². The molecule has 9 aromatic rings. The van der Waals surface area contributed by atoms with Crippen LogP contribution < -0.4 is 4.90 Å². The van der Waals surface area contributed by atoms with Gasteiger partial charge in [0, 0.05) is 22.5 Å². The zero-order valence-corrected chi connectivity index (χ0v) is 32.0. The van der Waals surface area contributed by atoms with Gasteiger partial charge in [0.2, 0.25) is 0 Å². The third-order valence-corrected chi connectivity index (χ3v) is 13.3. The van der Waals surface area contributed by atoms with Gasteiger partial charge in [-0.25, -0.2) is 0 Å². The first-order chi connectivity index (χ1) is 28.0. The van der Waals surface area contributed by atoms with Crippen LogP contribution in [0, 0.1) is 0 Å². The predicted octanol–water partition coefficient (Wildman–Crippen LogP) is 14.6. The minimum absolute atomic E-state index is 0.0596. The van der Waals surface area contributed by atoms with Crippen molar-refractivity contribution < 1.29 is 0 Å². The molecule has 1 heteroatoms. The molecule has 0 fully saturated rings. The van der Waals surface area contributed by atoms with Crippen LogP contribution >= 0.6 is 0 Å². The lowest BCUT2D eigenvalue weighted by atomic mass is 9.61. The molecular weight excluding hydrogens is 687 g/mol. The molecule has 0 saturated carbocycles. The van der Waals surface area contributed by atoms with Gasteiger partial charge in [0.15, 0.2) is 0 Å². The SMILES string of the molecule is CC1(C)c2ccccc2-c2cc(N(c3ccccc3)c3ccc4c(c3)C3(c5ccccc5-c5cccc6cccc3c56)c3cccc(-c5ccccc5)c3-4)ccc21. The fourth-order valence-corrected chi connectivity index (χ4v) is 10.9. The molecule has 1 atom stereocenters. The third kappa shape index (κ3) is 4.29. The van der Waals surface area contributed by atoms with Crippen LogP contribution in [0.15, 0.2) is 200 Å². The summed E-state index contributed by atoms with van der Waals surface area (Å²) in [4.78, 5) is 2.46. The lowest BCUT2D eigenvalue weighted by Crippen LogP contribution is -2.32. The van der Waals surface area contributed by atoms with Crippen molar-refractivity contribution in [2.45, 2.75) is 24.7 Å². The Kier molecular flexibility index (Phi) is 6.67. The van der Waals surface area contributed by atoms with E-state index in [0.29, 0.717) is 0 Å². The Balaban J connectivity index is 1.18. The number of fused-ring (bicyclic) bond motifs is 12. The highest BCUT2D eigenvalue weighted by Gasteiger charge is 2.51. The van der Waals surface area contributed by atoms with Gasteiger partial charge in [-0.1, -0.05) is 178 Å². The Bertz CT molecular complexity index is 3090. The standard InChI is InChI=1S/C56H39N/c1-55(2)47-26-11-9-23-43(47)46-34-39(31-33-48(46)55)57(38-20-7-4-8-21-38)40-30-32-45-52(35-40)56(51-29-15-24-41(54(45)51)36-16-5-3-6-17-36)49-27-12-10-22-42(49)44-25-13-18-37-19-14-28-50(56)53(37)44/h3-35H,1-2H3. The predicted molar refractivity (Wildman–Crippen MR) is 238 cm³/mol. The van der Waals surface area contributed by atoms with E-state index in [1.165, 1.54) is 88.7 Å². The molecule has 268 valence electrons. The highest BCUT2D eigenvalue weighted by molar-refractivity contribution is 6.08. The summed E-state index contributed by atoms with van der Waals surface area (Å²) in [5.74, 6) is 0. The van der Waals surface area contributed by atoms with Crippen molar-refractivity contribution in [1.82, 2.24) is 0 Å². The summed E-state index contributed by atoms with van der Waals surface area (Å²) < 4.78 is 0. The first kappa shape index (κ1) is 32.3. The fourth-order valence-electron chi connectivity index (χ4n) is 10.9.